The number of hydrogen-bond acceptors (Lipinski definition) is 3. The van der Waals surface area contributed by atoms with E-state index >= 15 is 0 Å². The van der Waals surface area contributed by atoms with Gasteiger partial charge in [-0.3, -0.25) is 0 Å². The van der Waals surface area contributed by atoms with Crippen LogP contribution in [0.2, 0.25) is 10.0 Å². The Bertz CT molecular complexity index is 490. The van der Waals surface area contributed by atoms with Gasteiger partial charge in [-0.05, 0) is 12.1 Å². The molecule has 0 fully saturated rings. The van der Waals surface area contributed by atoms with Gasteiger partial charge in [-0.15, -0.1) is 0 Å². The van der Waals surface area contributed by atoms with Crippen LogP contribution in [0.1, 0.15) is 6.92 Å². The molecule has 0 aliphatic rings. The molecule has 0 amide bonds. The summed E-state index contributed by atoms with van der Waals surface area (Å²) in [7, 11) is -3.49. The summed E-state index contributed by atoms with van der Waals surface area (Å²) in [6.45, 7) is 1.93. The average molecular weight is 298 g/mol. The maximum atomic E-state index is 10.8. The Labute approximate surface area is 111 Å². The summed E-state index contributed by atoms with van der Waals surface area (Å²) in [4.78, 5) is 0. The number of halogens is 2. The van der Waals surface area contributed by atoms with Crippen LogP contribution in [-0.2, 0) is 10.0 Å². The Morgan fingerprint density at radius 3 is 2.65 bits per heavy atom. The van der Waals surface area contributed by atoms with E-state index in [4.69, 9.17) is 33.1 Å². The molecule has 1 rings (SSSR count). The molecular weight excluding hydrogens is 285 g/mol. The Kier molecular flexibility index (Phi) is 5.06. The Hall–Kier alpha value is -0.490. The normalized spacial score (nSPS) is 13.4. The molecule has 0 saturated carbocycles. The predicted molar refractivity (Wildman–Crippen MR) is 69.1 cm³/mol. The zero-order valence-electron chi connectivity index (χ0n) is 9.19. The third-order valence-corrected chi connectivity index (χ3v) is 3.79. The van der Waals surface area contributed by atoms with Gasteiger partial charge in [0.2, 0.25) is 10.0 Å². The molecular formula is C10H13Cl2NO3S. The first-order valence-electron chi connectivity index (χ1n) is 4.87. The summed E-state index contributed by atoms with van der Waals surface area (Å²) in [6.07, 6.45) is 0. The van der Waals surface area contributed by atoms with E-state index in [2.05, 4.69) is 0 Å². The molecule has 4 nitrogen and oxygen atoms in total. The molecule has 17 heavy (non-hydrogen) atoms. The van der Waals surface area contributed by atoms with Crippen LogP contribution >= 0.6 is 23.2 Å². The Morgan fingerprint density at radius 1 is 1.41 bits per heavy atom. The second-order valence-electron chi connectivity index (χ2n) is 3.80. The molecule has 0 spiro atoms. The van der Waals surface area contributed by atoms with Crippen molar-refractivity contribution < 1.29 is 13.2 Å². The zero-order chi connectivity index (χ0) is 13.1. The molecule has 0 heterocycles. The van der Waals surface area contributed by atoms with Gasteiger partial charge in [0.15, 0.2) is 0 Å². The lowest BCUT2D eigenvalue weighted by Gasteiger charge is -2.13. The molecule has 0 aromatic heterocycles. The summed E-state index contributed by atoms with van der Waals surface area (Å²) >= 11 is 11.7. The highest BCUT2D eigenvalue weighted by molar-refractivity contribution is 7.89. The van der Waals surface area contributed by atoms with E-state index in [0.717, 1.165) is 0 Å². The monoisotopic (exact) mass is 297 g/mol. The molecule has 96 valence electrons. The summed E-state index contributed by atoms with van der Waals surface area (Å²) in [5.74, 6) is 0.0750. The van der Waals surface area contributed by atoms with Gasteiger partial charge in [-0.2, -0.15) is 0 Å². The zero-order valence-corrected chi connectivity index (χ0v) is 11.5. The molecule has 0 saturated heterocycles. The van der Waals surface area contributed by atoms with E-state index < -0.39 is 10.0 Å². The van der Waals surface area contributed by atoms with Crippen molar-refractivity contribution >= 4 is 33.2 Å². The van der Waals surface area contributed by atoms with Gasteiger partial charge in [-0.1, -0.05) is 36.2 Å². The quantitative estimate of drug-likeness (QED) is 0.906. The van der Waals surface area contributed by atoms with Crippen molar-refractivity contribution in [2.45, 2.75) is 6.92 Å². The summed E-state index contributed by atoms with van der Waals surface area (Å²) < 4.78 is 27.1. The fourth-order valence-electron chi connectivity index (χ4n) is 1.27. The number of rotatable bonds is 5. The lowest BCUT2D eigenvalue weighted by Crippen LogP contribution is -2.25. The van der Waals surface area contributed by atoms with Crippen LogP contribution in [0.5, 0.6) is 5.75 Å². The van der Waals surface area contributed by atoms with Crippen LogP contribution in [-0.4, -0.2) is 20.8 Å². The molecule has 2 N–H and O–H groups in total. The van der Waals surface area contributed by atoms with Crippen LogP contribution in [0.25, 0.3) is 0 Å². The summed E-state index contributed by atoms with van der Waals surface area (Å²) in [6, 6.07) is 5.01. The van der Waals surface area contributed by atoms with E-state index in [9.17, 15) is 8.42 Å². The average Bonchev–Trinajstić information content (AvgIpc) is 2.18. The van der Waals surface area contributed by atoms with Crippen LogP contribution in [0, 0.1) is 5.92 Å². The van der Waals surface area contributed by atoms with Gasteiger partial charge in [0.25, 0.3) is 0 Å². The number of ether oxygens (including phenoxy) is 1. The molecule has 7 heteroatoms. The fraction of sp³-hybridized carbons (Fsp3) is 0.400. The first kappa shape index (κ1) is 14.6. The number of hydrogen-bond donors (Lipinski definition) is 1. The van der Waals surface area contributed by atoms with E-state index in [1.54, 1.807) is 25.1 Å². The van der Waals surface area contributed by atoms with Gasteiger partial charge in [0.1, 0.15) is 10.8 Å². The summed E-state index contributed by atoms with van der Waals surface area (Å²) in [5.41, 5.74) is 0. The van der Waals surface area contributed by atoms with Crippen molar-refractivity contribution in [3.8, 4) is 5.75 Å². The number of primary sulfonamides is 1. The topological polar surface area (TPSA) is 69.4 Å². The second-order valence-corrected chi connectivity index (χ2v) is 6.24. The minimum Gasteiger partial charge on any atom is -0.492 e. The third kappa shape index (κ3) is 5.12. The van der Waals surface area contributed by atoms with Crippen molar-refractivity contribution in [2.75, 3.05) is 12.4 Å². The molecule has 1 aromatic rings. The van der Waals surface area contributed by atoms with Crippen LogP contribution < -0.4 is 9.88 Å². The molecule has 0 bridgehead atoms. The minimum absolute atomic E-state index is 0.134. The van der Waals surface area contributed by atoms with E-state index in [1.165, 1.54) is 0 Å². The molecule has 0 radical (unpaired) electrons. The highest BCUT2D eigenvalue weighted by Crippen LogP contribution is 2.31. The number of sulfonamides is 1. The summed E-state index contributed by atoms with van der Waals surface area (Å²) in [5, 5.41) is 5.64. The predicted octanol–water partition coefficient (Wildman–Crippen LogP) is 2.30. The minimum atomic E-state index is -3.49. The van der Waals surface area contributed by atoms with Gasteiger partial charge in [-0.25, -0.2) is 13.6 Å². The van der Waals surface area contributed by atoms with Gasteiger partial charge in [0.05, 0.1) is 17.4 Å². The van der Waals surface area contributed by atoms with Crippen molar-refractivity contribution in [3.05, 3.63) is 28.2 Å². The maximum absolute atomic E-state index is 10.8. The van der Waals surface area contributed by atoms with Gasteiger partial charge < -0.3 is 4.74 Å². The molecule has 0 aliphatic heterocycles. The molecule has 1 unspecified atom stereocenters. The SMILES string of the molecule is CC(COc1cccc(Cl)c1Cl)CS(N)(=O)=O. The van der Waals surface area contributed by atoms with E-state index in [0.29, 0.717) is 15.8 Å². The Morgan fingerprint density at radius 2 is 2.06 bits per heavy atom. The smallest absolute Gasteiger partial charge is 0.209 e. The van der Waals surface area contributed by atoms with Gasteiger partial charge >= 0.3 is 0 Å². The largest absolute Gasteiger partial charge is 0.492 e. The fourth-order valence-corrected chi connectivity index (χ4v) is 2.51. The second kappa shape index (κ2) is 5.91. The van der Waals surface area contributed by atoms with E-state index in [1.807, 2.05) is 0 Å². The number of nitrogens with two attached hydrogens (primary N) is 1. The lowest BCUT2D eigenvalue weighted by molar-refractivity contribution is 0.272. The van der Waals surface area contributed by atoms with Crippen LogP contribution in [0.15, 0.2) is 18.2 Å². The van der Waals surface area contributed by atoms with Gasteiger partial charge in [0, 0.05) is 5.92 Å². The highest BCUT2D eigenvalue weighted by Gasteiger charge is 2.13. The molecule has 1 aromatic carbocycles. The highest BCUT2D eigenvalue weighted by atomic mass is 35.5. The van der Waals surface area contributed by atoms with Crippen LogP contribution in [0.4, 0.5) is 0 Å². The third-order valence-electron chi connectivity index (χ3n) is 1.96. The van der Waals surface area contributed by atoms with Crippen molar-refractivity contribution in [2.24, 2.45) is 11.1 Å². The van der Waals surface area contributed by atoms with Crippen molar-refractivity contribution in [1.82, 2.24) is 0 Å². The first-order chi connectivity index (χ1) is 7.79. The van der Waals surface area contributed by atoms with Crippen LogP contribution in [0.3, 0.4) is 0 Å². The molecule has 0 aliphatic carbocycles. The Balaban J connectivity index is 2.59. The molecule has 1 atom stereocenters. The van der Waals surface area contributed by atoms with Crippen molar-refractivity contribution in [1.29, 1.82) is 0 Å². The standard InChI is InChI=1S/C10H13Cl2NO3S/c1-7(6-17(13,14)15)5-16-9-4-2-3-8(11)10(9)12/h2-4,7H,5-6H2,1H3,(H2,13,14,15). The maximum Gasteiger partial charge on any atom is 0.209 e. The lowest BCUT2D eigenvalue weighted by atomic mass is 10.2. The first-order valence-corrected chi connectivity index (χ1v) is 7.34. The van der Waals surface area contributed by atoms with E-state index in [-0.39, 0.29) is 18.3 Å². The number of benzene rings is 1. The van der Waals surface area contributed by atoms with Crippen molar-refractivity contribution in [3.63, 3.8) is 0 Å².